The van der Waals surface area contributed by atoms with Gasteiger partial charge in [0.2, 0.25) is 0 Å². The SMILES string of the molecule is CCOC(=O)N[C@@H]1CC[C@H]2[C@@H](C1)C[C@H]1C(=O)O[C@H](C)[C@@H]1[C@H]2C=Cc1ccc(-c2cccc(F)c2)cn1. The van der Waals surface area contributed by atoms with Crippen LogP contribution >= 0.6 is 0 Å². The average molecular weight is 493 g/mol. The number of nitrogens with one attached hydrogen (secondary N) is 1. The maximum atomic E-state index is 13.6. The Morgan fingerprint density at radius 3 is 2.83 bits per heavy atom. The summed E-state index contributed by atoms with van der Waals surface area (Å²) in [5.41, 5.74) is 2.48. The van der Waals surface area contributed by atoms with Crippen molar-refractivity contribution >= 4 is 18.1 Å². The highest BCUT2D eigenvalue weighted by molar-refractivity contribution is 5.75. The lowest BCUT2D eigenvalue weighted by atomic mass is 9.57. The van der Waals surface area contributed by atoms with Crippen LogP contribution in [0.4, 0.5) is 9.18 Å². The van der Waals surface area contributed by atoms with Gasteiger partial charge in [0.15, 0.2) is 0 Å². The van der Waals surface area contributed by atoms with Gasteiger partial charge in [-0.3, -0.25) is 9.78 Å². The molecule has 2 heterocycles. The number of carbonyl (C=O) groups is 2. The quantitative estimate of drug-likeness (QED) is 0.548. The summed E-state index contributed by atoms with van der Waals surface area (Å²) in [6.07, 6.45) is 9.07. The first-order valence-electron chi connectivity index (χ1n) is 13.0. The van der Waals surface area contributed by atoms with Gasteiger partial charge in [-0.1, -0.05) is 24.3 Å². The molecule has 0 radical (unpaired) electrons. The van der Waals surface area contributed by atoms with Gasteiger partial charge in [0.25, 0.3) is 0 Å². The lowest BCUT2D eigenvalue weighted by Gasteiger charge is -2.47. The van der Waals surface area contributed by atoms with Crippen molar-refractivity contribution in [2.45, 2.75) is 51.7 Å². The summed E-state index contributed by atoms with van der Waals surface area (Å²) in [5, 5.41) is 3.00. The van der Waals surface area contributed by atoms with Crippen LogP contribution in [0.1, 0.15) is 45.2 Å². The van der Waals surface area contributed by atoms with Crippen molar-refractivity contribution in [1.82, 2.24) is 10.3 Å². The Kier molecular flexibility index (Phi) is 7.08. The molecule has 0 spiro atoms. The number of pyridine rings is 1. The standard InChI is InChI=1S/C29H33FN2O4/c1-3-35-29(34)32-23-10-11-24-20(14-23)15-26-27(17(2)36-28(26)33)25(24)12-9-22-8-7-19(16-31-22)18-5-4-6-21(30)13-18/h4-9,12-13,16-17,20,23-27H,3,10-11,14-15H2,1-2H3,(H,32,34)/t17-,20+,23-,24+,25+,26-,27-/m1/s1. The fourth-order valence-corrected chi connectivity index (χ4v) is 6.64. The van der Waals surface area contributed by atoms with Crippen LogP contribution in [0.2, 0.25) is 0 Å². The van der Waals surface area contributed by atoms with Crippen LogP contribution in [0.5, 0.6) is 0 Å². The molecule has 2 aliphatic carbocycles. The highest BCUT2D eigenvalue weighted by atomic mass is 19.1. The number of aromatic nitrogens is 1. The number of esters is 1. The molecule has 5 rings (SSSR count). The third kappa shape index (κ3) is 5.01. The van der Waals surface area contributed by atoms with Gasteiger partial charge >= 0.3 is 12.1 Å². The molecule has 1 aliphatic heterocycles. The number of carbonyl (C=O) groups excluding carboxylic acids is 2. The minimum atomic E-state index is -0.368. The number of hydrogen-bond acceptors (Lipinski definition) is 5. The van der Waals surface area contributed by atoms with E-state index in [2.05, 4.69) is 16.4 Å². The first-order chi connectivity index (χ1) is 17.4. The molecular weight excluding hydrogens is 459 g/mol. The van der Waals surface area contributed by atoms with Crippen molar-refractivity contribution in [3.8, 4) is 11.1 Å². The fraction of sp³-hybridized carbons (Fsp3) is 0.483. The van der Waals surface area contributed by atoms with Gasteiger partial charge in [-0.2, -0.15) is 0 Å². The van der Waals surface area contributed by atoms with Crippen LogP contribution in [0.25, 0.3) is 17.2 Å². The number of hydrogen-bond donors (Lipinski definition) is 1. The minimum Gasteiger partial charge on any atom is -0.462 e. The Bertz CT molecular complexity index is 1130. The van der Waals surface area contributed by atoms with E-state index < -0.39 is 0 Å². The van der Waals surface area contributed by atoms with Crippen LogP contribution in [0, 0.1) is 35.4 Å². The Balaban J connectivity index is 1.34. The molecule has 7 heteroatoms. The predicted molar refractivity (Wildman–Crippen MR) is 134 cm³/mol. The van der Waals surface area contributed by atoms with Crippen LogP contribution in [0.15, 0.2) is 48.7 Å². The van der Waals surface area contributed by atoms with Crippen LogP contribution < -0.4 is 5.32 Å². The smallest absolute Gasteiger partial charge is 0.407 e. The number of nitrogens with zero attached hydrogens (tertiary/aromatic N) is 1. The van der Waals surface area contributed by atoms with Gasteiger partial charge in [0.05, 0.1) is 18.2 Å². The predicted octanol–water partition coefficient (Wildman–Crippen LogP) is 5.63. The van der Waals surface area contributed by atoms with E-state index in [1.54, 1.807) is 19.2 Å². The number of rotatable bonds is 5. The third-order valence-corrected chi connectivity index (χ3v) is 8.18. The number of amides is 1. The van der Waals surface area contributed by atoms with Crippen molar-refractivity contribution < 1.29 is 23.5 Å². The zero-order valence-electron chi connectivity index (χ0n) is 20.7. The van der Waals surface area contributed by atoms with E-state index in [0.717, 1.165) is 42.5 Å². The van der Waals surface area contributed by atoms with E-state index in [4.69, 9.17) is 9.47 Å². The van der Waals surface area contributed by atoms with E-state index in [1.807, 2.05) is 31.2 Å². The summed E-state index contributed by atoms with van der Waals surface area (Å²) in [7, 11) is 0. The topological polar surface area (TPSA) is 77.5 Å². The van der Waals surface area contributed by atoms with E-state index in [-0.39, 0.29) is 47.8 Å². The maximum Gasteiger partial charge on any atom is 0.407 e. The lowest BCUT2D eigenvalue weighted by molar-refractivity contribution is -0.144. The van der Waals surface area contributed by atoms with Crippen LogP contribution in [-0.4, -0.2) is 35.8 Å². The number of benzene rings is 1. The Morgan fingerprint density at radius 2 is 2.08 bits per heavy atom. The average Bonchev–Trinajstić information content (AvgIpc) is 3.15. The molecule has 1 aromatic carbocycles. The molecule has 0 unspecified atom stereocenters. The molecule has 1 aromatic heterocycles. The molecule has 0 bridgehead atoms. The van der Waals surface area contributed by atoms with E-state index in [1.165, 1.54) is 12.1 Å². The maximum absolute atomic E-state index is 13.6. The van der Waals surface area contributed by atoms with Gasteiger partial charge in [-0.25, -0.2) is 9.18 Å². The molecule has 3 aliphatic rings. The summed E-state index contributed by atoms with van der Waals surface area (Å²) in [4.78, 5) is 29.2. The van der Waals surface area contributed by atoms with Crippen molar-refractivity contribution in [1.29, 1.82) is 0 Å². The van der Waals surface area contributed by atoms with Gasteiger partial charge in [0, 0.05) is 23.7 Å². The zero-order valence-corrected chi connectivity index (χ0v) is 20.7. The van der Waals surface area contributed by atoms with E-state index >= 15 is 0 Å². The first kappa shape index (κ1) is 24.5. The zero-order chi connectivity index (χ0) is 25.2. The second-order valence-electron chi connectivity index (χ2n) is 10.3. The summed E-state index contributed by atoms with van der Waals surface area (Å²) < 4.78 is 24.3. The number of fused-ring (bicyclic) bond motifs is 2. The molecule has 1 saturated heterocycles. The number of cyclic esters (lactones) is 1. The monoisotopic (exact) mass is 492 g/mol. The number of halogens is 1. The van der Waals surface area contributed by atoms with E-state index in [9.17, 15) is 14.0 Å². The molecular formula is C29H33FN2O4. The largest absolute Gasteiger partial charge is 0.462 e. The summed E-state index contributed by atoms with van der Waals surface area (Å²) >= 11 is 0. The highest BCUT2D eigenvalue weighted by Gasteiger charge is 2.54. The number of alkyl carbamates (subject to hydrolysis) is 1. The van der Waals surface area contributed by atoms with E-state index in [0.29, 0.717) is 18.4 Å². The molecule has 6 nitrogen and oxygen atoms in total. The molecule has 190 valence electrons. The van der Waals surface area contributed by atoms with Crippen molar-refractivity contribution in [3.05, 3.63) is 60.2 Å². The molecule has 1 N–H and O–H groups in total. The molecule has 7 atom stereocenters. The number of allylic oxidation sites excluding steroid dienone is 1. The van der Waals surface area contributed by atoms with Gasteiger partial charge < -0.3 is 14.8 Å². The highest BCUT2D eigenvalue weighted by Crippen LogP contribution is 2.53. The fourth-order valence-electron chi connectivity index (χ4n) is 6.64. The second-order valence-corrected chi connectivity index (χ2v) is 10.3. The van der Waals surface area contributed by atoms with Gasteiger partial charge in [-0.15, -0.1) is 0 Å². The van der Waals surface area contributed by atoms with Crippen molar-refractivity contribution in [2.75, 3.05) is 6.61 Å². The van der Waals surface area contributed by atoms with Crippen molar-refractivity contribution in [2.24, 2.45) is 29.6 Å². The molecule has 1 amide bonds. The first-order valence-corrected chi connectivity index (χ1v) is 13.0. The van der Waals surface area contributed by atoms with Gasteiger partial charge in [0.1, 0.15) is 11.9 Å². The second kappa shape index (κ2) is 10.4. The third-order valence-electron chi connectivity index (χ3n) is 8.18. The molecule has 2 aromatic rings. The van der Waals surface area contributed by atoms with Gasteiger partial charge in [-0.05, 0) is 87.1 Å². The Hall–Kier alpha value is -3.22. The Morgan fingerprint density at radius 1 is 1.22 bits per heavy atom. The normalized spacial score (nSPS) is 31.4. The summed E-state index contributed by atoms with van der Waals surface area (Å²) in [6.45, 7) is 4.15. The minimum absolute atomic E-state index is 0.0679. The molecule has 3 fully saturated rings. The van der Waals surface area contributed by atoms with Crippen LogP contribution in [-0.2, 0) is 14.3 Å². The Labute approximate surface area is 211 Å². The summed E-state index contributed by atoms with van der Waals surface area (Å²) in [5.74, 6) is 0.629. The summed E-state index contributed by atoms with van der Waals surface area (Å²) in [6, 6.07) is 10.4. The molecule has 2 saturated carbocycles. The number of ether oxygens (including phenoxy) is 2. The molecule has 36 heavy (non-hydrogen) atoms. The van der Waals surface area contributed by atoms with Crippen molar-refractivity contribution in [3.63, 3.8) is 0 Å². The lowest BCUT2D eigenvalue weighted by Crippen LogP contribution is -2.48. The van der Waals surface area contributed by atoms with Crippen LogP contribution in [0.3, 0.4) is 0 Å².